The van der Waals surface area contributed by atoms with E-state index in [1.54, 1.807) is 48.7 Å². The van der Waals surface area contributed by atoms with Crippen molar-refractivity contribution in [1.82, 2.24) is 4.57 Å². The summed E-state index contributed by atoms with van der Waals surface area (Å²) in [6.45, 7) is 12.7. The Balaban J connectivity index is 1.67. The van der Waals surface area contributed by atoms with Crippen LogP contribution in [0, 0.1) is 5.92 Å². The molecule has 0 aliphatic heterocycles. The molecule has 1 saturated carbocycles. The van der Waals surface area contributed by atoms with Crippen LogP contribution in [0.2, 0.25) is 23.2 Å². The summed E-state index contributed by atoms with van der Waals surface area (Å²) in [4.78, 5) is 52.5. The van der Waals surface area contributed by atoms with Gasteiger partial charge in [-0.1, -0.05) is 44.5 Å². The molecule has 4 rings (SSSR count). The molecular weight excluding hydrogens is 646 g/mol. The van der Waals surface area contributed by atoms with Gasteiger partial charge in [0.25, 0.3) is 5.56 Å². The van der Waals surface area contributed by atoms with Crippen LogP contribution in [0.4, 0.5) is 0 Å². The van der Waals surface area contributed by atoms with Crippen molar-refractivity contribution in [3.63, 3.8) is 0 Å². The first-order valence-electron chi connectivity index (χ1n) is 16.5. The number of nitrogens with zero attached hydrogens (tertiary/aromatic N) is 1. The Morgan fingerprint density at radius 2 is 1.60 bits per heavy atom. The first-order valence-corrected chi connectivity index (χ1v) is 19.8. The van der Waals surface area contributed by atoms with E-state index in [2.05, 4.69) is 33.9 Å². The molecule has 1 aromatic heterocycles. The van der Waals surface area contributed by atoms with Gasteiger partial charge in [0.2, 0.25) is 0 Å². The molecule has 0 saturated heterocycles. The molecule has 1 unspecified atom stereocenters. The number of rotatable bonds is 12. The summed E-state index contributed by atoms with van der Waals surface area (Å²) >= 11 is 6.31. The maximum absolute atomic E-state index is 14.1. The number of hydrogen-bond acceptors (Lipinski definition) is 7. The number of carbonyl (C=O) groups is 3. The van der Waals surface area contributed by atoms with E-state index in [1.165, 1.54) is 31.8 Å². The lowest BCUT2D eigenvalue weighted by molar-refractivity contribution is -0.122. The van der Waals surface area contributed by atoms with Crippen molar-refractivity contribution in [2.75, 3.05) is 14.2 Å². The van der Waals surface area contributed by atoms with Crippen LogP contribution in [-0.4, -0.2) is 50.7 Å². The number of esters is 1. The SMILES string of the molecule is COC(=O)c1ccc(CC(=O)C(CC2CCC(O[Si](C)(C)C(C)(C)C)CC2)n2cc(OC)c(-c3cc(Cl)ccc3C(C)=O)cc2=O)cc1. The van der Waals surface area contributed by atoms with Crippen LogP contribution in [0.25, 0.3) is 11.1 Å². The Bertz CT molecular complexity index is 1700. The van der Waals surface area contributed by atoms with Gasteiger partial charge in [-0.05, 0) is 105 Å². The molecule has 3 aromatic rings. The van der Waals surface area contributed by atoms with E-state index in [0.717, 1.165) is 31.2 Å². The van der Waals surface area contributed by atoms with Crippen molar-refractivity contribution in [2.24, 2.45) is 5.92 Å². The zero-order chi connectivity index (χ0) is 35.4. The predicted molar refractivity (Wildman–Crippen MR) is 192 cm³/mol. The van der Waals surface area contributed by atoms with Gasteiger partial charge in [0.05, 0.1) is 32.0 Å². The largest absolute Gasteiger partial charge is 0.495 e. The lowest BCUT2D eigenvalue weighted by Crippen LogP contribution is -2.44. The fourth-order valence-electron chi connectivity index (χ4n) is 6.18. The number of carbonyl (C=O) groups excluding carboxylic acids is 3. The summed E-state index contributed by atoms with van der Waals surface area (Å²) in [7, 11) is 0.904. The molecule has 48 heavy (non-hydrogen) atoms. The highest BCUT2D eigenvalue weighted by Crippen LogP contribution is 2.41. The van der Waals surface area contributed by atoms with Crippen molar-refractivity contribution in [2.45, 2.75) is 96.5 Å². The van der Waals surface area contributed by atoms with Crippen LogP contribution < -0.4 is 10.3 Å². The molecule has 0 N–H and O–H groups in total. The Kier molecular flexibility index (Phi) is 11.9. The Morgan fingerprint density at radius 3 is 2.17 bits per heavy atom. The molecule has 2 aromatic carbocycles. The van der Waals surface area contributed by atoms with Gasteiger partial charge >= 0.3 is 5.97 Å². The Hall–Kier alpha value is -3.53. The van der Waals surface area contributed by atoms with Crippen LogP contribution in [0.15, 0.2) is 59.5 Å². The predicted octanol–water partition coefficient (Wildman–Crippen LogP) is 8.49. The van der Waals surface area contributed by atoms with Gasteiger partial charge < -0.3 is 18.5 Å². The van der Waals surface area contributed by atoms with E-state index in [4.69, 9.17) is 25.5 Å². The molecule has 0 bridgehead atoms. The van der Waals surface area contributed by atoms with Crippen molar-refractivity contribution in [3.8, 4) is 16.9 Å². The second-order valence-electron chi connectivity index (χ2n) is 14.4. The summed E-state index contributed by atoms with van der Waals surface area (Å²) in [5.41, 5.74) is 2.07. The summed E-state index contributed by atoms with van der Waals surface area (Å²) in [5.74, 6) is -0.178. The van der Waals surface area contributed by atoms with Gasteiger partial charge in [0.15, 0.2) is 19.9 Å². The third kappa shape index (κ3) is 8.73. The van der Waals surface area contributed by atoms with E-state index in [9.17, 15) is 19.2 Å². The average molecular weight is 694 g/mol. The highest BCUT2D eigenvalue weighted by Gasteiger charge is 2.40. The van der Waals surface area contributed by atoms with Crippen LogP contribution in [0.5, 0.6) is 5.75 Å². The zero-order valence-corrected chi connectivity index (χ0v) is 31.1. The first kappa shape index (κ1) is 37.3. The molecule has 10 heteroatoms. The summed E-state index contributed by atoms with van der Waals surface area (Å²) < 4.78 is 18.8. The summed E-state index contributed by atoms with van der Waals surface area (Å²) in [6, 6.07) is 12.3. The number of benzene rings is 2. The third-order valence-electron chi connectivity index (χ3n) is 9.99. The molecule has 1 fully saturated rings. The molecule has 0 spiro atoms. The standard InChI is InChI=1S/C38H48ClNO7Si/c1-24(41)30-18-15-28(39)21-31(30)32-22-36(43)40(23-35(32)45-5)33(34(42)20-26-9-13-27(14-10-26)37(44)46-6)19-25-11-16-29(17-12-25)47-48(7,8)38(2,3)4/h9-10,13-15,18,21-23,25,29,33H,11-12,16-17,19-20H2,1-8H3. The molecule has 1 aliphatic carbocycles. The first-order chi connectivity index (χ1) is 22.5. The smallest absolute Gasteiger partial charge is 0.337 e. The topological polar surface area (TPSA) is 101 Å². The van der Waals surface area contributed by atoms with Crippen LogP contribution in [0.3, 0.4) is 0 Å². The molecule has 0 amide bonds. The fourth-order valence-corrected chi connectivity index (χ4v) is 7.78. The molecule has 1 aliphatic rings. The number of hydrogen-bond donors (Lipinski definition) is 0. The number of aromatic nitrogens is 1. The highest BCUT2D eigenvalue weighted by atomic mass is 35.5. The maximum atomic E-state index is 14.1. The average Bonchev–Trinajstić information content (AvgIpc) is 3.03. The van der Waals surface area contributed by atoms with E-state index >= 15 is 0 Å². The zero-order valence-electron chi connectivity index (χ0n) is 29.4. The van der Waals surface area contributed by atoms with Crippen LogP contribution in [-0.2, 0) is 20.4 Å². The number of ketones is 2. The molecule has 1 heterocycles. The Morgan fingerprint density at radius 1 is 0.958 bits per heavy atom. The molecule has 1 atom stereocenters. The second-order valence-corrected chi connectivity index (χ2v) is 19.5. The van der Waals surface area contributed by atoms with Crippen molar-refractivity contribution in [3.05, 3.63) is 86.8 Å². The number of methoxy groups -OCH3 is 2. The summed E-state index contributed by atoms with van der Waals surface area (Å²) in [6.07, 6.45) is 5.95. The van der Waals surface area contributed by atoms with E-state index in [0.29, 0.717) is 39.4 Å². The Labute approximate surface area is 289 Å². The number of pyridine rings is 1. The van der Waals surface area contributed by atoms with Gasteiger partial charge in [0, 0.05) is 34.7 Å². The minimum Gasteiger partial charge on any atom is -0.495 e. The lowest BCUT2D eigenvalue weighted by atomic mass is 9.82. The lowest BCUT2D eigenvalue weighted by Gasteiger charge is -2.41. The van der Waals surface area contributed by atoms with Gasteiger partial charge in [-0.2, -0.15) is 0 Å². The second kappa shape index (κ2) is 15.3. The van der Waals surface area contributed by atoms with Crippen LogP contribution in [0.1, 0.15) is 92.1 Å². The van der Waals surface area contributed by atoms with Gasteiger partial charge in [-0.3, -0.25) is 14.4 Å². The maximum Gasteiger partial charge on any atom is 0.337 e. The van der Waals surface area contributed by atoms with Gasteiger partial charge in [-0.25, -0.2) is 4.79 Å². The van der Waals surface area contributed by atoms with Crippen molar-refractivity contribution in [1.29, 1.82) is 0 Å². The molecule has 0 radical (unpaired) electrons. The molecular formula is C38H48ClNO7Si. The van der Waals surface area contributed by atoms with E-state index < -0.39 is 20.3 Å². The molecule has 258 valence electrons. The minimum absolute atomic E-state index is 0.0786. The number of Topliss-reactive ketones (excluding diaryl/α,β-unsaturated/α-hetero) is 2. The highest BCUT2D eigenvalue weighted by molar-refractivity contribution is 6.74. The summed E-state index contributed by atoms with van der Waals surface area (Å²) in [5, 5.41) is 0.541. The van der Waals surface area contributed by atoms with Crippen LogP contribution >= 0.6 is 11.6 Å². The van der Waals surface area contributed by atoms with Gasteiger partial charge in [-0.15, -0.1) is 0 Å². The van der Waals surface area contributed by atoms with E-state index in [-0.39, 0.29) is 40.6 Å². The monoisotopic (exact) mass is 693 g/mol. The number of ether oxygens (including phenoxy) is 2. The van der Waals surface area contributed by atoms with Crippen molar-refractivity contribution >= 4 is 37.5 Å². The minimum atomic E-state index is -1.91. The van der Waals surface area contributed by atoms with Gasteiger partial charge in [0.1, 0.15) is 5.75 Å². The third-order valence-corrected chi connectivity index (χ3v) is 14.8. The number of halogens is 1. The quantitative estimate of drug-likeness (QED) is 0.107. The van der Waals surface area contributed by atoms with E-state index in [1.807, 2.05) is 0 Å². The van der Waals surface area contributed by atoms with Crippen molar-refractivity contribution < 1.29 is 28.3 Å². The fraction of sp³-hybridized carbons (Fsp3) is 0.474. The molecule has 8 nitrogen and oxygen atoms in total. The normalized spacial score (nSPS) is 17.4.